The minimum Gasteiger partial charge on any atom is -0.229 e. The molecule has 0 saturated carbocycles. The Bertz CT molecular complexity index is 398. The van der Waals surface area contributed by atoms with Gasteiger partial charge in [-0.3, -0.25) is 0 Å². The van der Waals surface area contributed by atoms with Gasteiger partial charge in [0.1, 0.15) is 0 Å². The summed E-state index contributed by atoms with van der Waals surface area (Å²) in [7, 11) is -6.11. The number of rotatable bonds is 5. The van der Waals surface area contributed by atoms with Crippen LogP contribution in [0.2, 0.25) is 0 Å². The Morgan fingerprint density at radius 3 is 2.53 bits per heavy atom. The molecule has 1 aliphatic heterocycles. The van der Waals surface area contributed by atoms with E-state index in [1.165, 1.54) is 0 Å². The van der Waals surface area contributed by atoms with E-state index >= 15 is 0 Å². The van der Waals surface area contributed by atoms with Gasteiger partial charge in [0.05, 0.1) is 17.3 Å². The number of hydrogen-bond acceptors (Lipinski definition) is 4. The molecule has 90 valence electrons. The Labute approximate surface area is 91.2 Å². The van der Waals surface area contributed by atoms with Gasteiger partial charge in [0, 0.05) is 6.54 Å². The first-order valence-electron chi connectivity index (χ1n) is 5.02. The van der Waals surface area contributed by atoms with Crippen LogP contribution in [-0.4, -0.2) is 40.6 Å². The van der Waals surface area contributed by atoms with E-state index in [1.54, 1.807) is 6.92 Å². The van der Waals surface area contributed by atoms with Crippen LogP contribution < -0.4 is 4.72 Å². The molecule has 0 radical (unpaired) electrons. The van der Waals surface area contributed by atoms with Crippen LogP contribution in [0.15, 0.2) is 0 Å². The van der Waals surface area contributed by atoms with E-state index in [4.69, 9.17) is 0 Å². The summed E-state index contributed by atoms with van der Waals surface area (Å²) in [4.78, 5) is 0. The molecule has 1 atom stereocenters. The second kappa shape index (κ2) is 4.80. The third-order valence-corrected chi connectivity index (χ3v) is 5.78. The van der Waals surface area contributed by atoms with E-state index < -0.39 is 19.9 Å². The predicted octanol–water partition coefficient (Wildman–Crippen LogP) is -0.249. The molecular formula is C8H17NO4S2. The molecule has 1 N–H and O–H groups in total. The van der Waals surface area contributed by atoms with Gasteiger partial charge in [-0.1, -0.05) is 6.92 Å². The fourth-order valence-electron chi connectivity index (χ4n) is 1.62. The van der Waals surface area contributed by atoms with Gasteiger partial charge in [0.15, 0.2) is 9.84 Å². The molecule has 0 aromatic rings. The summed E-state index contributed by atoms with van der Waals surface area (Å²) >= 11 is 0. The molecule has 1 rings (SSSR count). The van der Waals surface area contributed by atoms with Crippen molar-refractivity contribution in [3.63, 3.8) is 0 Å². The van der Waals surface area contributed by atoms with Crippen LogP contribution >= 0.6 is 0 Å². The van der Waals surface area contributed by atoms with Crippen molar-refractivity contribution in [2.45, 2.75) is 19.8 Å². The molecule has 0 aromatic heterocycles. The summed E-state index contributed by atoms with van der Waals surface area (Å²) in [6, 6.07) is 0. The summed E-state index contributed by atoms with van der Waals surface area (Å²) in [6.07, 6.45) is 1.13. The van der Waals surface area contributed by atoms with Crippen molar-refractivity contribution < 1.29 is 16.8 Å². The molecule has 5 nitrogen and oxygen atoms in total. The largest absolute Gasteiger partial charge is 0.229 e. The molecule has 1 aliphatic rings. The Kier molecular flexibility index (Phi) is 4.13. The van der Waals surface area contributed by atoms with Crippen LogP contribution in [0.1, 0.15) is 19.8 Å². The third-order valence-electron chi connectivity index (χ3n) is 2.39. The van der Waals surface area contributed by atoms with E-state index in [2.05, 4.69) is 4.72 Å². The highest BCUT2D eigenvalue weighted by Gasteiger charge is 2.28. The molecule has 1 fully saturated rings. The number of nitrogens with one attached hydrogen (secondary N) is 1. The van der Waals surface area contributed by atoms with Crippen LogP contribution in [0.5, 0.6) is 0 Å². The van der Waals surface area contributed by atoms with E-state index in [0.29, 0.717) is 12.8 Å². The standard InChI is InChI=1S/C8H17NO4S2/c1-2-4-15(12,13)9-6-8-3-5-14(10,11)7-8/h8-9H,2-7H2,1H3. The summed E-state index contributed by atoms with van der Waals surface area (Å²) in [5, 5.41) is 0. The molecule has 1 saturated heterocycles. The van der Waals surface area contributed by atoms with Crippen molar-refractivity contribution in [3.8, 4) is 0 Å². The highest BCUT2D eigenvalue weighted by molar-refractivity contribution is 7.91. The van der Waals surface area contributed by atoms with Crippen molar-refractivity contribution in [1.82, 2.24) is 4.72 Å². The molecule has 1 heterocycles. The summed E-state index contributed by atoms with van der Waals surface area (Å²) < 4.78 is 47.3. The Morgan fingerprint density at radius 2 is 2.07 bits per heavy atom. The smallest absolute Gasteiger partial charge is 0.211 e. The minimum absolute atomic E-state index is 0.0540. The topological polar surface area (TPSA) is 80.3 Å². The highest BCUT2D eigenvalue weighted by Crippen LogP contribution is 2.17. The van der Waals surface area contributed by atoms with E-state index in [-0.39, 0.29) is 29.7 Å². The van der Waals surface area contributed by atoms with Crippen LogP contribution in [-0.2, 0) is 19.9 Å². The third kappa shape index (κ3) is 4.48. The molecule has 0 bridgehead atoms. The normalized spacial score (nSPS) is 25.5. The van der Waals surface area contributed by atoms with Gasteiger partial charge >= 0.3 is 0 Å². The highest BCUT2D eigenvalue weighted by atomic mass is 32.2. The lowest BCUT2D eigenvalue weighted by atomic mass is 10.1. The van der Waals surface area contributed by atoms with Crippen molar-refractivity contribution in [2.75, 3.05) is 23.8 Å². The molecule has 0 amide bonds. The van der Waals surface area contributed by atoms with E-state index in [1.807, 2.05) is 0 Å². The van der Waals surface area contributed by atoms with Crippen molar-refractivity contribution >= 4 is 19.9 Å². The van der Waals surface area contributed by atoms with Gasteiger partial charge in [-0.2, -0.15) is 0 Å². The maximum Gasteiger partial charge on any atom is 0.211 e. The summed E-state index contributed by atoms with van der Waals surface area (Å²) in [6.45, 7) is 2.04. The molecule has 0 spiro atoms. The fraction of sp³-hybridized carbons (Fsp3) is 1.00. The van der Waals surface area contributed by atoms with Crippen LogP contribution in [0, 0.1) is 5.92 Å². The van der Waals surface area contributed by atoms with Gasteiger partial charge < -0.3 is 0 Å². The zero-order valence-corrected chi connectivity index (χ0v) is 10.4. The van der Waals surface area contributed by atoms with Gasteiger partial charge in [0.25, 0.3) is 0 Å². The molecule has 7 heteroatoms. The van der Waals surface area contributed by atoms with Crippen LogP contribution in [0.25, 0.3) is 0 Å². The van der Waals surface area contributed by atoms with Crippen molar-refractivity contribution in [3.05, 3.63) is 0 Å². The van der Waals surface area contributed by atoms with Crippen molar-refractivity contribution in [1.29, 1.82) is 0 Å². The lowest BCUT2D eigenvalue weighted by Gasteiger charge is -2.09. The lowest BCUT2D eigenvalue weighted by Crippen LogP contribution is -2.31. The first-order valence-corrected chi connectivity index (χ1v) is 8.50. The van der Waals surface area contributed by atoms with Crippen molar-refractivity contribution in [2.24, 2.45) is 5.92 Å². The second-order valence-corrected chi connectivity index (χ2v) is 8.09. The van der Waals surface area contributed by atoms with Crippen LogP contribution in [0.3, 0.4) is 0 Å². The number of sulfone groups is 1. The van der Waals surface area contributed by atoms with E-state index in [9.17, 15) is 16.8 Å². The van der Waals surface area contributed by atoms with Gasteiger partial charge in [-0.05, 0) is 18.8 Å². The second-order valence-electron chi connectivity index (χ2n) is 3.94. The molecule has 0 aromatic carbocycles. The minimum atomic E-state index is -3.20. The monoisotopic (exact) mass is 255 g/mol. The SMILES string of the molecule is CCCS(=O)(=O)NCC1CCS(=O)(=O)C1. The lowest BCUT2D eigenvalue weighted by molar-refractivity contribution is 0.542. The number of hydrogen-bond donors (Lipinski definition) is 1. The Hall–Kier alpha value is -0.140. The van der Waals surface area contributed by atoms with Gasteiger partial charge in [-0.25, -0.2) is 21.6 Å². The number of sulfonamides is 1. The maximum atomic E-state index is 11.3. The zero-order valence-electron chi connectivity index (χ0n) is 8.77. The van der Waals surface area contributed by atoms with Gasteiger partial charge in [-0.15, -0.1) is 0 Å². The Balaban J connectivity index is 2.40. The summed E-state index contributed by atoms with van der Waals surface area (Å²) in [5.74, 6) is 0.350. The molecule has 1 unspecified atom stereocenters. The first kappa shape index (κ1) is 12.9. The first-order chi connectivity index (χ1) is 6.85. The summed E-state index contributed by atoms with van der Waals surface area (Å²) in [5.41, 5.74) is 0. The average molecular weight is 255 g/mol. The predicted molar refractivity (Wildman–Crippen MR) is 58.8 cm³/mol. The van der Waals surface area contributed by atoms with E-state index in [0.717, 1.165) is 0 Å². The molecule has 15 heavy (non-hydrogen) atoms. The Morgan fingerprint density at radius 1 is 1.40 bits per heavy atom. The zero-order chi connectivity index (χ0) is 11.5. The maximum absolute atomic E-state index is 11.3. The fourth-order valence-corrected chi connectivity index (χ4v) is 4.65. The molecule has 0 aliphatic carbocycles. The molecular weight excluding hydrogens is 238 g/mol. The quantitative estimate of drug-likeness (QED) is 0.734. The van der Waals surface area contributed by atoms with Crippen LogP contribution in [0.4, 0.5) is 0 Å². The average Bonchev–Trinajstić information content (AvgIpc) is 2.42. The van der Waals surface area contributed by atoms with Gasteiger partial charge in [0.2, 0.25) is 10.0 Å².